The van der Waals surface area contributed by atoms with Crippen molar-refractivity contribution in [2.24, 2.45) is 17.8 Å². The van der Waals surface area contributed by atoms with E-state index in [1.165, 1.54) is 19.3 Å². The highest BCUT2D eigenvalue weighted by molar-refractivity contribution is 5.76. The SMILES string of the molecule is O=C(CC1CCN(c2ccccn2)CC1)N1CC2CCCC2C1. The fraction of sp³-hybridized carbons (Fsp3) is 0.684. The number of carbonyl (C=O) groups is 1. The van der Waals surface area contributed by atoms with Crippen molar-refractivity contribution in [3.8, 4) is 0 Å². The van der Waals surface area contributed by atoms with Gasteiger partial charge in [-0.2, -0.15) is 0 Å². The Kier molecular flexibility index (Phi) is 4.23. The Bertz CT molecular complexity index is 527. The molecular formula is C19H27N3O. The van der Waals surface area contributed by atoms with Gasteiger partial charge in [0.05, 0.1) is 0 Å². The summed E-state index contributed by atoms with van der Waals surface area (Å²) in [6.45, 7) is 4.13. The maximum absolute atomic E-state index is 12.6. The topological polar surface area (TPSA) is 36.4 Å². The number of hydrogen-bond acceptors (Lipinski definition) is 3. The second kappa shape index (κ2) is 6.50. The quantitative estimate of drug-likeness (QED) is 0.861. The Morgan fingerprint density at radius 2 is 1.83 bits per heavy atom. The number of anilines is 1. The molecular weight excluding hydrogens is 286 g/mol. The van der Waals surface area contributed by atoms with Gasteiger partial charge in [0.1, 0.15) is 5.82 Å². The summed E-state index contributed by atoms with van der Waals surface area (Å²) in [6.07, 6.45) is 8.91. The van der Waals surface area contributed by atoms with Crippen LogP contribution in [0.4, 0.5) is 5.82 Å². The smallest absolute Gasteiger partial charge is 0.222 e. The molecule has 1 aliphatic carbocycles. The first-order chi connectivity index (χ1) is 11.3. The zero-order valence-corrected chi connectivity index (χ0v) is 13.9. The number of piperidine rings is 1. The van der Waals surface area contributed by atoms with E-state index < -0.39 is 0 Å². The van der Waals surface area contributed by atoms with Gasteiger partial charge in [-0.15, -0.1) is 0 Å². The molecule has 23 heavy (non-hydrogen) atoms. The van der Waals surface area contributed by atoms with Crippen LogP contribution in [0.5, 0.6) is 0 Å². The summed E-state index contributed by atoms with van der Waals surface area (Å²) in [4.78, 5) is 21.5. The average Bonchev–Trinajstić information content (AvgIpc) is 3.18. The van der Waals surface area contributed by atoms with Crippen LogP contribution in [0.3, 0.4) is 0 Å². The third-order valence-electron chi connectivity index (χ3n) is 6.13. The van der Waals surface area contributed by atoms with E-state index >= 15 is 0 Å². The summed E-state index contributed by atoms with van der Waals surface area (Å²) in [5, 5.41) is 0. The third kappa shape index (κ3) is 3.22. The van der Waals surface area contributed by atoms with E-state index in [1.807, 2.05) is 18.3 Å². The van der Waals surface area contributed by atoms with Gasteiger partial charge in [-0.3, -0.25) is 4.79 Å². The highest BCUT2D eigenvalue weighted by atomic mass is 16.2. The fourth-order valence-corrected chi connectivity index (χ4v) is 4.72. The summed E-state index contributed by atoms with van der Waals surface area (Å²) in [5.74, 6) is 3.66. The molecule has 4 heteroatoms. The van der Waals surface area contributed by atoms with Crippen molar-refractivity contribution in [1.29, 1.82) is 0 Å². The predicted molar refractivity (Wildman–Crippen MR) is 91.2 cm³/mol. The monoisotopic (exact) mass is 313 g/mol. The Morgan fingerprint density at radius 1 is 1.09 bits per heavy atom. The van der Waals surface area contributed by atoms with E-state index in [9.17, 15) is 4.79 Å². The second-order valence-electron chi connectivity index (χ2n) is 7.57. The molecule has 0 radical (unpaired) electrons. The Labute approximate surface area is 138 Å². The van der Waals surface area contributed by atoms with Crippen LogP contribution in [-0.2, 0) is 4.79 Å². The molecule has 1 aromatic rings. The number of hydrogen-bond donors (Lipinski definition) is 0. The summed E-state index contributed by atoms with van der Waals surface area (Å²) in [5.41, 5.74) is 0. The van der Waals surface area contributed by atoms with E-state index in [0.717, 1.165) is 63.1 Å². The summed E-state index contributed by atoms with van der Waals surface area (Å²) in [6, 6.07) is 6.08. The van der Waals surface area contributed by atoms with Gasteiger partial charge in [-0.25, -0.2) is 4.98 Å². The van der Waals surface area contributed by atoms with Gasteiger partial charge < -0.3 is 9.80 Å². The Balaban J connectivity index is 1.26. The van der Waals surface area contributed by atoms with Gasteiger partial charge in [0, 0.05) is 38.8 Å². The molecule has 2 saturated heterocycles. The number of rotatable bonds is 3. The first-order valence-corrected chi connectivity index (χ1v) is 9.23. The zero-order valence-electron chi connectivity index (χ0n) is 13.9. The molecule has 0 N–H and O–H groups in total. The fourth-order valence-electron chi connectivity index (χ4n) is 4.72. The van der Waals surface area contributed by atoms with Crippen molar-refractivity contribution < 1.29 is 4.79 Å². The van der Waals surface area contributed by atoms with E-state index in [2.05, 4.69) is 20.9 Å². The summed E-state index contributed by atoms with van der Waals surface area (Å²) < 4.78 is 0. The average molecular weight is 313 g/mol. The van der Waals surface area contributed by atoms with Crippen LogP contribution in [0.1, 0.15) is 38.5 Å². The highest BCUT2D eigenvalue weighted by Gasteiger charge is 2.38. The van der Waals surface area contributed by atoms with Gasteiger partial charge in [-0.1, -0.05) is 12.5 Å². The lowest BCUT2D eigenvalue weighted by Crippen LogP contribution is -2.37. The molecule has 3 aliphatic rings. The van der Waals surface area contributed by atoms with E-state index in [1.54, 1.807) is 0 Å². The van der Waals surface area contributed by atoms with Crippen LogP contribution < -0.4 is 4.90 Å². The van der Waals surface area contributed by atoms with Crippen molar-refractivity contribution in [2.75, 3.05) is 31.1 Å². The summed E-state index contributed by atoms with van der Waals surface area (Å²) in [7, 11) is 0. The zero-order chi connectivity index (χ0) is 15.6. The van der Waals surface area contributed by atoms with Gasteiger partial charge in [-0.05, 0) is 55.6 Å². The number of nitrogens with zero attached hydrogens (tertiary/aromatic N) is 3. The molecule has 4 nitrogen and oxygen atoms in total. The van der Waals surface area contributed by atoms with Gasteiger partial charge >= 0.3 is 0 Å². The molecule has 3 heterocycles. The number of amides is 1. The Hall–Kier alpha value is -1.58. The van der Waals surface area contributed by atoms with Crippen LogP contribution in [0.15, 0.2) is 24.4 Å². The predicted octanol–water partition coefficient (Wildman–Crippen LogP) is 2.95. The molecule has 0 spiro atoms. The lowest BCUT2D eigenvalue weighted by molar-refractivity contribution is -0.131. The number of pyridine rings is 1. The number of likely N-dealkylation sites (tertiary alicyclic amines) is 1. The lowest BCUT2D eigenvalue weighted by Gasteiger charge is -2.33. The third-order valence-corrected chi connectivity index (χ3v) is 6.13. The first-order valence-electron chi connectivity index (χ1n) is 9.23. The molecule has 4 rings (SSSR count). The number of fused-ring (bicyclic) bond motifs is 1. The number of aromatic nitrogens is 1. The van der Waals surface area contributed by atoms with Gasteiger partial charge in [0.2, 0.25) is 5.91 Å². The highest BCUT2D eigenvalue weighted by Crippen LogP contribution is 2.38. The standard InChI is InChI=1S/C19H27N3O/c23-19(22-13-16-4-3-5-17(16)14-22)12-15-7-10-21(11-8-15)18-6-1-2-9-20-18/h1-2,6,9,15-17H,3-5,7-8,10-14H2. The molecule has 124 valence electrons. The van der Waals surface area contributed by atoms with Crippen molar-refractivity contribution in [1.82, 2.24) is 9.88 Å². The lowest BCUT2D eigenvalue weighted by atomic mass is 9.93. The molecule has 2 unspecified atom stereocenters. The maximum Gasteiger partial charge on any atom is 0.222 e. The molecule has 2 aliphatic heterocycles. The second-order valence-corrected chi connectivity index (χ2v) is 7.57. The van der Waals surface area contributed by atoms with Crippen LogP contribution in [0, 0.1) is 17.8 Å². The molecule has 0 aromatic carbocycles. The largest absolute Gasteiger partial charge is 0.357 e. The van der Waals surface area contributed by atoms with E-state index in [0.29, 0.717) is 11.8 Å². The van der Waals surface area contributed by atoms with Crippen molar-refractivity contribution in [3.05, 3.63) is 24.4 Å². The molecule has 2 atom stereocenters. The van der Waals surface area contributed by atoms with Crippen LogP contribution in [0.25, 0.3) is 0 Å². The van der Waals surface area contributed by atoms with Crippen LogP contribution in [0.2, 0.25) is 0 Å². The first kappa shape index (κ1) is 15.0. The Morgan fingerprint density at radius 3 is 2.48 bits per heavy atom. The van der Waals surface area contributed by atoms with Crippen molar-refractivity contribution in [2.45, 2.75) is 38.5 Å². The molecule has 1 aromatic heterocycles. The minimum absolute atomic E-state index is 0.413. The normalized spacial score (nSPS) is 28.2. The molecule has 1 amide bonds. The summed E-state index contributed by atoms with van der Waals surface area (Å²) >= 11 is 0. The number of carbonyl (C=O) groups excluding carboxylic acids is 1. The van der Waals surface area contributed by atoms with Crippen molar-refractivity contribution in [3.63, 3.8) is 0 Å². The van der Waals surface area contributed by atoms with Crippen LogP contribution >= 0.6 is 0 Å². The minimum atomic E-state index is 0.413. The minimum Gasteiger partial charge on any atom is -0.357 e. The molecule has 3 fully saturated rings. The van der Waals surface area contributed by atoms with E-state index in [4.69, 9.17) is 0 Å². The molecule has 0 bridgehead atoms. The van der Waals surface area contributed by atoms with Gasteiger partial charge in [0.25, 0.3) is 0 Å². The van der Waals surface area contributed by atoms with Gasteiger partial charge in [0.15, 0.2) is 0 Å². The maximum atomic E-state index is 12.6. The molecule has 1 saturated carbocycles. The van der Waals surface area contributed by atoms with Crippen molar-refractivity contribution >= 4 is 11.7 Å². The van der Waals surface area contributed by atoms with E-state index in [-0.39, 0.29) is 0 Å². The van der Waals surface area contributed by atoms with Crippen LogP contribution in [-0.4, -0.2) is 42.0 Å².